The molecule has 1 saturated carbocycles. The highest BCUT2D eigenvalue weighted by Gasteiger charge is 2.28. The Morgan fingerprint density at radius 2 is 1.97 bits per heavy atom. The Labute approximate surface area is 185 Å². The van der Waals surface area contributed by atoms with Crippen molar-refractivity contribution in [3.8, 4) is 11.7 Å². The molecule has 0 spiro atoms. The zero-order chi connectivity index (χ0) is 22.2. The van der Waals surface area contributed by atoms with Gasteiger partial charge in [-0.15, -0.1) is 0 Å². The number of carbonyl (C=O) groups excluding carboxylic acids is 1. The van der Waals surface area contributed by atoms with Crippen molar-refractivity contribution in [2.75, 3.05) is 0 Å². The van der Waals surface area contributed by atoms with E-state index in [1.54, 1.807) is 6.20 Å². The summed E-state index contributed by atoms with van der Waals surface area (Å²) in [6, 6.07) is 6.27. The van der Waals surface area contributed by atoms with Gasteiger partial charge in [0.2, 0.25) is 5.91 Å². The van der Waals surface area contributed by atoms with Gasteiger partial charge in [-0.2, -0.15) is 9.78 Å². The number of nitrogens with zero attached hydrogens (tertiary/aromatic N) is 4. The first-order chi connectivity index (χ1) is 15.5. The SMILES string of the molecule is Cc1c(OC2CC2)cccc1C1CCc2c(cnn(-c3ncc(CC(N)=O)cn3)c2=O)C1. The molecule has 1 atom stereocenters. The standard InChI is InChI=1S/C24H25N5O3/c1-14-19(3-2-4-21(14)32-18-6-7-18)16-5-8-20-17(10-16)13-28-29(23(20)31)24-26-11-15(12-27-24)9-22(25)30/h2-4,11-13,16,18H,5-10H2,1H3,(H2,25,30). The third-order valence-electron chi connectivity index (χ3n) is 6.22. The van der Waals surface area contributed by atoms with Crippen LogP contribution in [0.5, 0.6) is 5.75 Å². The lowest BCUT2D eigenvalue weighted by Gasteiger charge is -2.26. The van der Waals surface area contributed by atoms with Crippen LogP contribution in [-0.2, 0) is 24.1 Å². The van der Waals surface area contributed by atoms with E-state index in [1.165, 1.54) is 28.2 Å². The zero-order valence-electron chi connectivity index (χ0n) is 18.0. The highest BCUT2D eigenvalue weighted by atomic mass is 16.5. The van der Waals surface area contributed by atoms with Crippen LogP contribution in [0.2, 0.25) is 0 Å². The van der Waals surface area contributed by atoms with E-state index < -0.39 is 5.91 Å². The number of ether oxygens (including phenoxy) is 1. The maximum absolute atomic E-state index is 13.1. The third-order valence-corrected chi connectivity index (χ3v) is 6.22. The van der Waals surface area contributed by atoms with E-state index in [4.69, 9.17) is 10.5 Å². The van der Waals surface area contributed by atoms with Crippen LogP contribution in [0, 0.1) is 6.92 Å². The molecule has 8 heteroatoms. The summed E-state index contributed by atoms with van der Waals surface area (Å²) in [7, 11) is 0. The first kappa shape index (κ1) is 20.4. The number of benzene rings is 1. The largest absolute Gasteiger partial charge is 0.490 e. The van der Waals surface area contributed by atoms with Gasteiger partial charge in [-0.25, -0.2) is 9.97 Å². The summed E-state index contributed by atoms with van der Waals surface area (Å²) in [5.74, 6) is 1.03. The van der Waals surface area contributed by atoms with Crippen molar-refractivity contribution in [1.29, 1.82) is 0 Å². The van der Waals surface area contributed by atoms with Gasteiger partial charge in [0.05, 0.1) is 18.7 Å². The Hall–Kier alpha value is -3.55. The van der Waals surface area contributed by atoms with E-state index >= 15 is 0 Å². The molecule has 1 amide bonds. The predicted octanol–water partition coefficient (Wildman–Crippen LogP) is 2.17. The first-order valence-corrected chi connectivity index (χ1v) is 11.0. The molecule has 2 aromatic heterocycles. The maximum atomic E-state index is 13.1. The molecule has 32 heavy (non-hydrogen) atoms. The molecule has 2 heterocycles. The fourth-order valence-corrected chi connectivity index (χ4v) is 4.38. The maximum Gasteiger partial charge on any atom is 0.277 e. The van der Waals surface area contributed by atoms with Crippen LogP contribution < -0.4 is 16.0 Å². The Kier molecular flexibility index (Phi) is 5.20. The number of fused-ring (bicyclic) bond motifs is 1. The van der Waals surface area contributed by atoms with Crippen molar-refractivity contribution in [1.82, 2.24) is 19.7 Å². The van der Waals surface area contributed by atoms with E-state index in [9.17, 15) is 9.59 Å². The van der Waals surface area contributed by atoms with Gasteiger partial charge in [-0.05, 0) is 73.3 Å². The summed E-state index contributed by atoms with van der Waals surface area (Å²) in [6.45, 7) is 2.12. The van der Waals surface area contributed by atoms with Crippen LogP contribution in [0.1, 0.15) is 53.0 Å². The number of carbonyl (C=O) groups is 1. The molecule has 0 radical (unpaired) electrons. The first-order valence-electron chi connectivity index (χ1n) is 11.0. The van der Waals surface area contributed by atoms with Crippen LogP contribution in [0.25, 0.3) is 5.95 Å². The van der Waals surface area contributed by atoms with Gasteiger partial charge in [-0.1, -0.05) is 12.1 Å². The van der Waals surface area contributed by atoms with Crippen molar-refractivity contribution in [3.63, 3.8) is 0 Å². The molecular weight excluding hydrogens is 406 g/mol. The van der Waals surface area contributed by atoms with Gasteiger partial charge >= 0.3 is 0 Å². The zero-order valence-corrected chi connectivity index (χ0v) is 18.0. The Bertz CT molecular complexity index is 1230. The quantitative estimate of drug-likeness (QED) is 0.640. The highest BCUT2D eigenvalue weighted by molar-refractivity contribution is 5.76. The fourth-order valence-electron chi connectivity index (χ4n) is 4.38. The summed E-state index contributed by atoms with van der Waals surface area (Å²) >= 11 is 0. The third kappa shape index (κ3) is 4.00. The molecule has 0 saturated heterocycles. The van der Waals surface area contributed by atoms with Gasteiger partial charge in [0.15, 0.2) is 0 Å². The molecule has 0 aliphatic heterocycles. The van der Waals surface area contributed by atoms with E-state index in [0.717, 1.165) is 42.6 Å². The van der Waals surface area contributed by atoms with Crippen molar-refractivity contribution in [2.45, 2.75) is 57.5 Å². The van der Waals surface area contributed by atoms with Crippen LogP contribution in [0.4, 0.5) is 0 Å². The van der Waals surface area contributed by atoms with E-state index in [-0.39, 0.29) is 17.9 Å². The molecule has 2 aliphatic rings. The number of primary amides is 1. The molecule has 3 aromatic rings. The van der Waals surface area contributed by atoms with E-state index in [2.05, 4.69) is 34.1 Å². The van der Waals surface area contributed by atoms with Gasteiger partial charge in [0.1, 0.15) is 5.75 Å². The van der Waals surface area contributed by atoms with Crippen molar-refractivity contribution in [2.24, 2.45) is 5.73 Å². The number of hydrogen-bond donors (Lipinski definition) is 1. The van der Waals surface area contributed by atoms with Crippen LogP contribution in [-0.4, -0.2) is 31.8 Å². The van der Waals surface area contributed by atoms with Gasteiger partial charge < -0.3 is 10.5 Å². The van der Waals surface area contributed by atoms with Crippen molar-refractivity contribution >= 4 is 5.91 Å². The molecule has 8 nitrogen and oxygen atoms in total. The van der Waals surface area contributed by atoms with E-state index in [0.29, 0.717) is 24.0 Å². The second-order valence-electron chi connectivity index (χ2n) is 8.63. The lowest BCUT2D eigenvalue weighted by Crippen LogP contribution is -2.30. The summed E-state index contributed by atoms with van der Waals surface area (Å²) in [5.41, 5.74) is 9.82. The Morgan fingerprint density at radius 1 is 1.19 bits per heavy atom. The van der Waals surface area contributed by atoms with Gasteiger partial charge in [0, 0.05) is 18.0 Å². The van der Waals surface area contributed by atoms with Crippen molar-refractivity contribution < 1.29 is 9.53 Å². The van der Waals surface area contributed by atoms with Crippen LogP contribution in [0.15, 0.2) is 41.6 Å². The van der Waals surface area contributed by atoms with Crippen LogP contribution >= 0.6 is 0 Å². The molecular formula is C24H25N5O3. The van der Waals surface area contributed by atoms with E-state index in [1.807, 2.05) is 6.07 Å². The minimum absolute atomic E-state index is 0.0560. The molecule has 5 rings (SSSR count). The number of aromatic nitrogens is 4. The monoisotopic (exact) mass is 431 g/mol. The molecule has 2 N–H and O–H groups in total. The highest BCUT2D eigenvalue weighted by Crippen LogP contribution is 2.37. The van der Waals surface area contributed by atoms with Gasteiger partial charge in [0.25, 0.3) is 11.5 Å². The topological polar surface area (TPSA) is 113 Å². The smallest absolute Gasteiger partial charge is 0.277 e. The number of hydrogen-bond acceptors (Lipinski definition) is 6. The number of amides is 1. The number of nitrogens with two attached hydrogens (primary N) is 1. The normalized spacial score (nSPS) is 17.6. The molecule has 2 aliphatic carbocycles. The summed E-state index contributed by atoms with van der Waals surface area (Å²) < 4.78 is 7.29. The lowest BCUT2D eigenvalue weighted by molar-refractivity contribution is -0.117. The Balaban J connectivity index is 1.39. The molecule has 1 aromatic carbocycles. The van der Waals surface area contributed by atoms with Crippen molar-refractivity contribution in [3.05, 3.63) is 75.0 Å². The fraction of sp³-hybridized carbons (Fsp3) is 0.375. The molecule has 1 fully saturated rings. The summed E-state index contributed by atoms with van der Waals surface area (Å²) in [5, 5.41) is 4.33. The second kappa shape index (κ2) is 8.18. The Morgan fingerprint density at radius 3 is 2.69 bits per heavy atom. The lowest BCUT2D eigenvalue weighted by atomic mass is 9.79. The predicted molar refractivity (Wildman–Crippen MR) is 118 cm³/mol. The molecule has 164 valence electrons. The second-order valence-corrected chi connectivity index (χ2v) is 8.63. The summed E-state index contributed by atoms with van der Waals surface area (Å²) in [4.78, 5) is 32.5. The minimum Gasteiger partial charge on any atom is -0.490 e. The molecule has 1 unspecified atom stereocenters. The average Bonchev–Trinajstić information content (AvgIpc) is 3.60. The van der Waals surface area contributed by atoms with Gasteiger partial charge in [-0.3, -0.25) is 9.59 Å². The summed E-state index contributed by atoms with van der Waals surface area (Å²) in [6.07, 6.45) is 9.77. The minimum atomic E-state index is -0.458. The van der Waals surface area contributed by atoms with Crippen LogP contribution in [0.3, 0.4) is 0 Å². The number of rotatable bonds is 6. The molecule has 0 bridgehead atoms. The average molecular weight is 431 g/mol.